The van der Waals surface area contributed by atoms with E-state index in [1.165, 1.54) is 11.3 Å². The SMILES string of the molecule is NC(=O)[C@H]1CCN1c1ccc(Cc2cc3scnc3c(-c3cccc(Cl)c3)c2F)cn1. The predicted molar refractivity (Wildman–Crippen MR) is 122 cm³/mol. The minimum Gasteiger partial charge on any atom is -0.368 e. The van der Waals surface area contributed by atoms with Gasteiger partial charge in [0.1, 0.15) is 17.7 Å². The van der Waals surface area contributed by atoms with E-state index in [9.17, 15) is 4.79 Å². The monoisotopic (exact) mass is 452 g/mol. The van der Waals surface area contributed by atoms with Crippen molar-refractivity contribution in [3.8, 4) is 11.1 Å². The van der Waals surface area contributed by atoms with Crippen LogP contribution in [0, 0.1) is 5.82 Å². The number of aromatic nitrogens is 2. The molecule has 3 heterocycles. The molecule has 0 saturated carbocycles. The number of hydrogen-bond donors (Lipinski definition) is 1. The Hall–Kier alpha value is -3.03. The van der Waals surface area contributed by atoms with Gasteiger partial charge in [-0.05, 0) is 47.4 Å². The summed E-state index contributed by atoms with van der Waals surface area (Å²) in [5, 5.41) is 0.547. The molecule has 0 unspecified atom stereocenters. The summed E-state index contributed by atoms with van der Waals surface area (Å²) in [6.45, 7) is 0.750. The van der Waals surface area contributed by atoms with Crippen LogP contribution in [0.15, 0.2) is 54.2 Å². The van der Waals surface area contributed by atoms with Crippen LogP contribution in [0.2, 0.25) is 5.02 Å². The van der Waals surface area contributed by atoms with Gasteiger partial charge >= 0.3 is 0 Å². The fourth-order valence-corrected chi connectivity index (χ4v) is 4.87. The summed E-state index contributed by atoms with van der Waals surface area (Å²) >= 11 is 7.62. The van der Waals surface area contributed by atoms with Crippen LogP contribution in [-0.2, 0) is 11.2 Å². The molecule has 1 saturated heterocycles. The Kier molecular flexibility index (Phi) is 5.08. The third kappa shape index (κ3) is 3.64. The van der Waals surface area contributed by atoms with E-state index in [0.717, 1.165) is 23.2 Å². The summed E-state index contributed by atoms with van der Waals surface area (Å²) in [6.07, 6.45) is 2.85. The van der Waals surface area contributed by atoms with Crippen LogP contribution in [0.3, 0.4) is 0 Å². The molecular formula is C23H18ClFN4OS. The van der Waals surface area contributed by atoms with Gasteiger partial charge in [0.15, 0.2) is 0 Å². The molecule has 0 bridgehead atoms. The van der Waals surface area contributed by atoms with Gasteiger partial charge in [0.2, 0.25) is 5.91 Å². The van der Waals surface area contributed by atoms with Crippen molar-refractivity contribution < 1.29 is 9.18 Å². The number of hydrogen-bond acceptors (Lipinski definition) is 5. The molecule has 2 aromatic heterocycles. The molecule has 156 valence electrons. The van der Waals surface area contributed by atoms with Crippen molar-refractivity contribution in [2.24, 2.45) is 5.73 Å². The van der Waals surface area contributed by atoms with Gasteiger partial charge in [0.25, 0.3) is 0 Å². The molecular weight excluding hydrogens is 435 g/mol. The number of carbonyl (C=O) groups excluding carboxylic acids is 1. The summed E-state index contributed by atoms with van der Waals surface area (Å²) < 4.78 is 16.6. The summed E-state index contributed by atoms with van der Waals surface area (Å²) in [7, 11) is 0. The fraction of sp³-hybridized carbons (Fsp3) is 0.174. The van der Waals surface area contributed by atoms with Crippen LogP contribution in [0.1, 0.15) is 17.5 Å². The summed E-state index contributed by atoms with van der Waals surface area (Å²) in [4.78, 5) is 22.2. The fourth-order valence-electron chi connectivity index (χ4n) is 3.94. The van der Waals surface area contributed by atoms with E-state index in [0.29, 0.717) is 39.5 Å². The number of thiazole rings is 1. The molecule has 0 radical (unpaired) electrons. The van der Waals surface area contributed by atoms with E-state index in [2.05, 4.69) is 9.97 Å². The number of rotatable bonds is 5. The average Bonchev–Trinajstić information content (AvgIpc) is 3.16. The van der Waals surface area contributed by atoms with E-state index in [-0.39, 0.29) is 17.8 Å². The number of benzene rings is 2. The lowest BCUT2D eigenvalue weighted by molar-refractivity contribution is -0.120. The standard InChI is InChI=1S/C23H18ClFN4OS/c24-16-3-1-2-14(9-16)20-21(25)15(10-18-22(20)28-12-31-18)8-13-4-5-19(27-11-13)29-7-6-17(29)23(26)30/h1-5,9-12,17H,6-8H2,(H2,26,30)/t17-/m1/s1. The van der Waals surface area contributed by atoms with Crippen LogP contribution in [0.25, 0.3) is 21.3 Å². The zero-order chi connectivity index (χ0) is 21.5. The summed E-state index contributed by atoms with van der Waals surface area (Å²) in [5.41, 5.74) is 10.4. The molecule has 1 fully saturated rings. The first kappa shape index (κ1) is 19.9. The lowest BCUT2D eigenvalue weighted by atomic mass is 9.97. The van der Waals surface area contributed by atoms with E-state index in [1.54, 1.807) is 29.9 Å². The first-order valence-electron chi connectivity index (χ1n) is 9.82. The van der Waals surface area contributed by atoms with Gasteiger partial charge < -0.3 is 10.6 Å². The van der Waals surface area contributed by atoms with Gasteiger partial charge in [-0.3, -0.25) is 4.79 Å². The molecule has 5 rings (SSSR count). The Balaban J connectivity index is 1.49. The zero-order valence-electron chi connectivity index (χ0n) is 16.4. The minimum atomic E-state index is -0.342. The molecule has 0 spiro atoms. The normalized spacial score (nSPS) is 15.8. The molecule has 2 N–H and O–H groups in total. The number of nitrogens with zero attached hydrogens (tertiary/aromatic N) is 3. The van der Waals surface area contributed by atoms with Gasteiger partial charge in [0, 0.05) is 29.7 Å². The minimum absolute atomic E-state index is 0.301. The van der Waals surface area contributed by atoms with Crippen molar-refractivity contribution in [1.29, 1.82) is 0 Å². The molecule has 31 heavy (non-hydrogen) atoms. The summed E-state index contributed by atoms with van der Waals surface area (Å²) in [6, 6.07) is 12.5. The number of pyridine rings is 1. The highest BCUT2D eigenvalue weighted by atomic mass is 35.5. The number of carbonyl (C=O) groups is 1. The van der Waals surface area contributed by atoms with Crippen molar-refractivity contribution in [3.63, 3.8) is 0 Å². The summed E-state index contributed by atoms with van der Waals surface area (Å²) in [5.74, 6) is 0.0590. The van der Waals surface area contributed by atoms with Crippen LogP contribution in [0.4, 0.5) is 10.2 Å². The lowest BCUT2D eigenvalue weighted by Gasteiger charge is -2.39. The molecule has 1 atom stereocenters. The Bertz CT molecular complexity index is 1290. The third-order valence-electron chi connectivity index (χ3n) is 5.60. The maximum atomic E-state index is 15.6. The highest BCUT2D eigenvalue weighted by Gasteiger charge is 2.33. The first-order valence-corrected chi connectivity index (χ1v) is 11.1. The maximum Gasteiger partial charge on any atom is 0.240 e. The topological polar surface area (TPSA) is 72.1 Å². The van der Waals surface area contributed by atoms with Gasteiger partial charge in [-0.2, -0.15) is 0 Å². The Morgan fingerprint density at radius 2 is 2.13 bits per heavy atom. The zero-order valence-corrected chi connectivity index (χ0v) is 18.0. The van der Waals surface area contributed by atoms with E-state index >= 15 is 4.39 Å². The Labute approximate surface area is 187 Å². The first-order chi connectivity index (χ1) is 15.0. The third-order valence-corrected chi connectivity index (χ3v) is 6.61. The maximum absolute atomic E-state index is 15.6. The second-order valence-corrected chi connectivity index (χ2v) is 8.86. The predicted octanol–water partition coefficient (Wildman–Crippen LogP) is 4.81. The van der Waals surface area contributed by atoms with Gasteiger partial charge in [-0.15, -0.1) is 11.3 Å². The second-order valence-electron chi connectivity index (χ2n) is 7.54. The number of anilines is 1. The van der Waals surface area contributed by atoms with Crippen LogP contribution in [-0.4, -0.2) is 28.5 Å². The highest BCUT2D eigenvalue weighted by molar-refractivity contribution is 7.16. The van der Waals surface area contributed by atoms with Crippen LogP contribution >= 0.6 is 22.9 Å². The van der Waals surface area contributed by atoms with E-state index in [4.69, 9.17) is 17.3 Å². The van der Waals surface area contributed by atoms with Crippen molar-refractivity contribution in [2.45, 2.75) is 18.9 Å². The number of amides is 1. The van der Waals surface area contributed by atoms with Crippen molar-refractivity contribution >= 4 is 44.9 Å². The van der Waals surface area contributed by atoms with Gasteiger partial charge in [0.05, 0.1) is 15.7 Å². The molecule has 1 aliphatic rings. The second kappa shape index (κ2) is 7.90. The number of halogens is 2. The van der Waals surface area contributed by atoms with Gasteiger partial charge in [-0.25, -0.2) is 14.4 Å². The van der Waals surface area contributed by atoms with Crippen molar-refractivity contribution in [2.75, 3.05) is 11.4 Å². The highest BCUT2D eigenvalue weighted by Crippen LogP contribution is 2.36. The average molecular weight is 453 g/mol. The van der Waals surface area contributed by atoms with E-state index in [1.807, 2.05) is 29.2 Å². The molecule has 1 amide bonds. The smallest absolute Gasteiger partial charge is 0.240 e. The van der Waals surface area contributed by atoms with Crippen LogP contribution < -0.4 is 10.6 Å². The lowest BCUT2D eigenvalue weighted by Crippen LogP contribution is -2.55. The quantitative estimate of drug-likeness (QED) is 0.472. The van der Waals surface area contributed by atoms with Crippen LogP contribution in [0.5, 0.6) is 0 Å². The van der Waals surface area contributed by atoms with Gasteiger partial charge in [-0.1, -0.05) is 29.8 Å². The molecule has 5 nitrogen and oxygen atoms in total. The molecule has 1 aliphatic heterocycles. The number of nitrogens with two attached hydrogens (primary N) is 1. The molecule has 4 aromatic rings. The molecule has 8 heteroatoms. The number of primary amides is 1. The van der Waals surface area contributed by atoms with Crippen molar-refractivity contribution in [1.82, 2.24) is 9.97 Å². The van der Waals surface area contributed by atoms with E-state index < -0.39 is 0 Å². The Morgan fingerprint density at radius 1 is 1.26 bits per heavy atom. The Morgan fingerprint density at radius 3 is 2.81 bits per heavy atom. The number of fused-ring (bicyclic) bond motifs is 1. The van der Waals surface area contributed by atoms with Crippen molar-refractivity contribution in [3.05, 3.63) is 76.1 Å². The molecule has 2 aromatic carbocycles. The molecule has 0 aliphatic carbocycles. The largest absolute Gasteiger partial charge is 0.368 e.